The molecule has 0 bridgehead atoms. The fourth-order valence-electron chi connectivity index (χ4n) is 1.54. The quantitative estimate of drug-likeness (QED) is 0.749. The number of ether oxygens (including phenoxy) is 1. The molecule has 0 spiro atoms. The van der Waals surface area contributed by atoms with Gasteiger partial charge in [-0.15, -0.1) is 0 Å². The fourth-order valence-corrected chi connectivity index (χ4v) is 1.76. The minimum atomic E-state index is -4.46. The lowest BCUT2D eigenvalue weighted by atomic mass is 10.2. The molecule has 6 heteroatoms. The highest BCUT2D eigenvalue weighted by molar-refractivity contribution is 6.32. The first-order valence-corrected chi connectivity index (χ1v) is 5.88. The summed E-state index contributed by atoms with van der Waals surface area (Å²) >= 11 is 5.76. The van der Waals surface area contributed by atoms with Gasteiger partial charge in [0.2, 0.25) is 0 Å². The van der Waals surface area contributed by atoms with Crippen LogP contribution in [-0.2, 0) is 6.18 Å². The van der Waals surface area contributed by atoms with E-state index >= 15 is 0 Å². The third kappa shape index (κ3) is 3.30. The summed E-state index contributed by atoms with van der Waals surface area (Å²) in [5, 5.41) is -0.156. The van der Waals surface area contributed by atoms with Gasteiger partial charge in [-0.05, 0) is 30.3 Å². The molecule has 2 rings (SSSR count). The molecule has 104 valence electrons. The van der Waals surface area contributed by atoms with Crippen molar-refractivity contribution in [1.82, 2.24) is 0 Å². The first-order chi connectivity index (χ1) is 9.40. The standard InChI is InChI=1S/C14H8ClF3O2/c15-12-7-10(14(16,17)18)4-5-13(12)20-11-3-1-2-9(6-11)8-19/h1-8H. The lowest BCUT2D eigenvalue weighted by Gasteiger charge is -2.11. The van der Waals surface area contributed by atoms with Gasteiger partial charge in [-0.1, -0.05) is 23.7 Å². The molecule has 2 aromatic carbocycles. The Morgan fingerprint density at radius 3 is 2.45 bits per heavy atom. The van der Waals surface area contributed by atoms with Gasteiger partial charge in [0.25, 0.3) is 0 Å². The van der Waals surface area contributed by atoms with Crippen molar-refractivity contribution in [3.8, 4) is 11.5 Å². The monoisotopic (exact) mass is 300 g/mol. The van der Waals surface area contributed by atoms with E-state index in [-0.39, 0.29) is 10.8 Å². The summed E-state index contributed by atoms with van der Waals surface area (Å²) in [6, 6.07) is 9.01. The molecule has 0 aromatic heterocycles. The molecule has 20 heavy (non-hydrogen) atoms. The summed E-state index contributed by atoms with van der Waals surface area (Å²) in [6.07, 6.45) is -3.82. The Balaban J connectivity index is 2.28. The molecule has 0 N–H and O–H groups in total. The molecule has 0 amide bonds. The van der Waals surface area contributed by atoms with Gasteiger partial charge in [0, 0.05) is 5.56 Å². The molecule has 0 atom stereocenters. The topological polar surface area (TPSA) is 26.3 Å². The maximum atomic E-state index is 12.5. The summed E-state index contributed by atoms with van der Waals surface area (Å²) in [7, 11) is 0. The number of rotatable bonds is 3. The van der Waals surface area contributed by atoms with Crippen molar-refractivity contribution in [2.45, 2.75) is 6.18 Å². The van der Waals surface area contributed by atoms with Crippen molar-refractivity contribution < 1.29 is 22.7 Å². The van der Waals surface area contributed by atoms with Crippen LogP contribution in [0.15, 0.2) is 42.5 Å². The van der Waals surface area contributed by atoms with Crippen molar-refractivity contribution in [2.24, 2.45) is 0 Å². The normalized spacial score (nSPS) is 11.2. The van der Waals surface area contributed by atoms with Crippen LogP contribution < -0.4 is 4.74 Å². The lowest BCUT2D eigenvalue weighted by Crippen LogP contribution is -2.04. The maximum Gasteiger partial charge on any atom is 0.416 e. The van der Waals surface area contributed by atoms with E-state index < -0.39 is 11.7 Å². The Kier molecular flexibility index (Phi) is 3.99. The van der Waals surface area contributed by atoms with Crippen LogP contribution in [0.1, 0.15) is 15.9 Å². The summed E-state index contributed by atoms with van der Waals surface area (Å²) in [4.78, 5) is 10.6. The van der Waals surface area contributed by atoms with Gasteiger partial charge in [-0.25, -0.2) is 0 Å². The molecule has 0 aliphatic heterocycles. The van der Waals surface area contributed by atoms with Crippen LogP contribution in [0.4, 0.5) is 13.2 Å². The van der Waals surface area contributed by atoms with Crippen LogP contribution in [0.2, 0.25) is 5.02 Å². The molecule has 2 aromatic rings. The predicted octanol–water partition coefficient (Wildman–Crippen LogP) is 4.96. The number of benzene rings is 2. The van der Waals surface area contributed by atoms with Crippen LogP contribution in [0, 0.1) is 0 Å². The Labute approximate surface area is 117 Å². The minimum absolute atomic E-state index is 0.0858. The van der Waals surface area contributed by atoms with Crippen LogP contribution in [-0.4, -0.2) is 6.29 Å². The molecule has 2 nitrogen and oxygen atoms in total. The highest BCUT2D eigenvalue weighted by Crippen LogP contribution is 2.36. The first-order valence-electron chi connectivity index (χ1n) is 5.50. The number of hydrogen-bond donors (Lipinski definition) is 0. The fraction of sp³-hybridized carbons (Fsp3) is 0.0714. The SMILES string of the molecule is O=Cc1cccc(Oc2ccc(C(F)(F)F)cc2Cl)c1. The smallest absolute Gasteiger partial charge is 0.416 e. The van der Waals surface area contributed by atoms with E-state index in [0.717, 1.165) is 18.2 Å². The van der Waals surface area contributed by atoms with Crippen LogP contribution in [0.25, 0.3) is 0 Å². The number of hydrogen-bond acceptors (Lipinski definition) is 2. The Bertz CT molecular complexity index is 639. The first kappa shape index (κ1) is 14.4. The zero-order chi connectivity index (χ0) is 14.8. The van der Waals surface area contributed by atoms with Crippen molar-refractivity contribution in [3.05, 3.63) is 58.6 Å². The van der Waals surface area contributed by atoms with E-state index in [1.807, 2.05) is 0 Å². The van der Waals surface area contributed by atoms with Crippen LogP contribution in [0.3, 0.4) is 0 Å². The molecule has 0 aliphatic rings. The Hall–Kier alpha value is -2.01. The van der Waals surface area contributed by atoms with Gasteiger partial charge in [-0.2, -0.15) is 13.2 Å². The average molecular weight is 301 g/mol. The Morgan fingerprint density at radius 1 is 1.10 bits per heavy atom. The molecule has 0 radical (unpaired) electrons. The van der Waals surface area contributed by atoms with E-state index in [4.69, 9.17) is 16.3 Å². The summed E-state index contributed by atoms with van der Waals surface area (Å²) in [5.74, 6) is 0.402. The second-order valence-electron chi connectivity index (χ2n) is 3.94. The van der Waals surface area contributed by atoms with E-state index in [2.05, 4.69) is 0 Å². The minimum Gasteiger partial charge on any atom is -0.456 e. The number of carbonyl (C=O) groups is 1. The van der Waals surface area contributed by atoms with E-state index in [1.165, 1.54) is 6.07 Å². The summed E-state index contributed by atoms with van der Waals surface area (Å²) in [5.41, 5.74) is -0.456. The second-order valence-corrected chi connectivity index (χ2v) is 4.34. The van der Waals surface area contributed by atoms with Crippen molar-refractivity contribution >= 4 is 17.9 Å². The molecule has 0 unspecified atom stereocenters. The third-order valence-corrected chi connectivity index (χ3v) is 2.78. The van der Waals surface area contributed by atoms with Gasteiger partial charge in [0.05, 0.1) is 10.6 Å². The van der Waals surface area contributed by atoms with Gasteiger partial charge in [-0.3, -0.25) is 4.79 Å². The highest BCUT2D eigenvalue weighted by atomic mass is 35.5. The molecule has 0 fully saturated rings. The number of carbonyl (C=O) groups excluding carboxylic acids is 1. The van der Waals surface area contributed by atoms with Crippen LogP contribution in [0.5, 0.6) is 11.5 Å². The van der Waals surface area contributed by atoms with E-state index in [9.17, 15) is 18.0 Å². The number of alkyl halides is 3. The molecule has 0 heterocycles. The largest absolute Gasteiger partial charge is 0.456 e. The zero-order valence-corrected chi connectivity index (χ0v) is 10.7. The van der Waals surface area contributed by atoms with Gasteiger partial charge < -0.3 is 4.74 Å². The molecule has 0 aliphatic carbocycles. The summed E-state index contributed by atoms with van der Waals surface area (Å²) < 4.78 is 42.8. The number of aldehydes is 1. The zero-order valence-electron chi connectivity index (χ0n) is 9.95. The van der Waals surface area contributed by atoms with E-state index in [0.29, 0.717) is 17.6 Å². The predicted molar refractivity (Wildman–Crippen MR) is 68.4 cm³/mol. The molecular weight excluding hydrogens is 293 g/mol. The summed E-state index contributed by atoms with van der Waals surface area (Å²) in [6.45, 7) is 0. The van der Waals surface area contributed by atoms with Crippen molar-refractivity contribution in [1.29, 1.82) is 0 Å². The maximum absolute atomic E-state index is 12.5. The second kappa shape index (κ2) is 5.54. The van der Waals surface area contributed by atoms with Crippen molar-refractivity contribution in [2.75, 3.05) is 0 Å². The molecular formula is C14H8ClF3O2. The number of halogens is 4. The third-order valence-electron chi connectivity index (χ3n) is 2.48. The van der Waals surface area contributed by atoms with Gasteiger partial charge in [0.1, 0.15) is 17.8 Å². The van der Waals surface area contributed by atoms with E-state index in [1.54, 1.807) is 18.2 Å². The highest BCUT2D eigenvalue weighted by Gasteiger charge is 2.31. The molecule has 0 saturated heterocycles. The van der Waals surface area contributed by atoms with Crippen LogP contribution >= 0.6 is 11.6 Å². The lowest BCUT2D eigenvalue weighted by molar-refractivity contribution is -0.137. The average Bonchev–Trinajstić information content (AvgIpc) is 2.40. The van der Waals surface area contributed by atoms with Gasteiger partial charge >= 0.3 is 6.18 Å². The van der Waals surface area contributed by atoms with Gasteiger partial charge in [0.15, 0.2) is 0 Å². The Morgan fingerprint density at radius 2 is 1.85 bits per heavy atom. The molecule has 0 saturated carbocycles. The van der Waals surface area contributed by atoms with Crippen molar-refractivity contribution in [3.63, 3.8) is 0 Å².